The molecule has 0 radical (unpaired) electrons. The normalized spacial score (nSPS) is 15.3. The van der Waals surface area contributed by atoms with Gasteiger partial charge < -0.3 is 5.11 Å². The number of carbonyl (C=O) groups excluding carboxylic acids is 3. The van der Waals surface area contributed by atoms with E-state index in [9.17, 15) is 71.4 Å². The third kappa shape index (κ3) is 8.07. The number of anilines is 1. The minimum Gasteiger partial charge on any atom is -0.493 e. The molecule has 3 aromatic rings. The van der Waals surface area contributed by atoms with Crippen LogP contribution < -0.4 is 5.01 Å². The van der Waals surface area contributed by atoms with Crippen molar-refractivity contribution in [2.45, 2.75) is 33.4 Å². The molecular formula is C27H22N4O16S4. The summed E-state index contributed by atoms with van der Waals surface area (Å²) >= 11 is 0. The van der Waals surface area contributed by atoms with Crippen LogP contribution in [0.1, 0.15) is 29.9 Å². The van der Waals surface area contributed by atoms with Gasteiger partial charge in [-0.25, -0.2) is 0 Å². The maximum Gasteiger partial charge on any atom is 0.296 e. The van der Waals surface area contributed by atoms with Gasteiger partial charge in [0.1, 0.15) is 21.2 Å². The average Bonchev–Trinajstić information content (AvgIpc) is 3.51. The molecule has 0 bridgehead atoms. The quantitative estimate of drug-likeness (QED) is 0.0790. The molecule has 0 fully saturated rings. The van der Waals surface area contributed by atoms with Gasteiger partial charge in [-0.1, -0.05) is 18.2 Å². The molecule has 51 heavy (non-hydrogen) atoms. The topological polar surface area (TPSA) is 322 Å². The predicted octanol–water partition coefficient (Wildman–Crippen LogP) is 1.25. The maximum atomic E-state index is 13.3. The van der Waals surface area contributed by atoms with E-state index in [-0.39, 0.29) is 5.56 Å². The number of allylic oxidation sites excluding steroid dienone is 4. The fraction of sp³-hybridized carbons (Fsp3) is 0.0741. The van der Waals surface area contributed by atoms with Crippen molar-refractivity contribution in [1.29, 1.82) is 0 Å². The second-order valence-corrected chi connectivity index (χ2v) is 15.8. The van der Waals surface area contributed by atoms with Crippen LogP contribution in [0, 0.1) is 0 Å². The van der Waals surface area contributed by atoms with E-state index >= 15 is 0 Å². The zero-order valence-corrected chi connectivity index (χ0v) is 28.8. The van der Waals surface area contributed by atoms with Crippen LogP contribution in [0.2, 0.25) is 0 Å². The SMILES string of the molecule is CC(=O)C1=NN(c2cc(S(=O)(=O)O)ccc2S(=O)(=O)O)C(=O)C1=CC=CC=Cc1c(C(C)=O)nn(-c2cc(S(=O)(=O)O)ccc2S(=O)(=O)O)c1O. The molecular weight excluding hydrogens is 765 g/mol. The van der Waals surface area contributed by atoms with Crippen LogP contribution in [-0.2, 0) is 50.1 Å². The number of amides is 1. The predicted molar refractivity (Wildman–Crippen MR) is 173 cm³/mol. The number of aromatic nitrogens is 2. The highest BCUT2D eigenvalue weighted by atomic mass is 32.2. The Hall–Kier alpha value is -5.21. The Kier molecular flexibility index (Phi) is 10.2. The minimum atomic E-state index is -5.11. The monoisotopic (exact) mass is 786 g/mol. The molecule has 20 nitrogen and oxygen atoms in total. The van der Waals surface area contributed by atoms with Gasteiger partial charge in [-0.15, -0.1) is 0 Å². The Balaban J connectivity index is 1.76. The molecule has 0 unspecified atom stereocenters. The number of Topliss-reactive ketones (excluding diaryl/α,β-unsaturated/α-hetero) is 2. The summed E-state index contributed by atoms with van der Waals surface area (Å²) in [4.78, 5) is 34.3. The molecule has 2 aromatic carbocycles. The third-order valence-electron chi connectivity index (χ3n) is 6.66. The van der Waals surface area contributed by atoms with Crippen molar-refractivity contribution in [2.24, 2.45) is 5.10 Å². The molecule has 5 N–H and O–H groups in total. The number of aromatic hydroxyl groups is 1. The number of rotatable bonds is 11. The smallest absolute Gasteiger partial charge is 0.296 e. The lowest BCUT2D eigenvalue weighted by Gasteiger charge is -2.15. The van der Waals surface area contributed by atoms with E-state index in [2.05, 4.69) is 10.2 Å². The summed E-state index contributed by atoms with van der Waals surface area (Å²) in [7, 11) is -20.1. The molecule has 0 aliphatic carbocycles. The maximum absolute atomic E-state index is 13.3. The van der Waals surface area contributed by atoms with Crippen LogP contribution in [0.15, 0.2) is 91.0 Å². The molecule has 1 aromatic heterocycles. The van der Waals surface area contributed by atoms with Gasteiger partial charge in [-0.3, -0.25) is 32.6 Å². The molecule has 270 valence electrons. The molecule has 1 aliphatic rings. The zero-order chi connectivity index (χ0) is 38.4. The van der Waals surface area contributed by atoms with Crippen LogP contribution in [0.25, 0.3) is 11.8 Å². The lowest BCUT2D eigenvalue weighted by Crippen LogP contribution is -2.24. The standard InChI is InChI=1S/C27H22N4O16S4/c1-14(32)24-18(26(34)30(28-24)20-12-16(48(36,37)38)8-10-22(20)50(42,43)44)6-4-3-5-7-19-25(15(2)33)29-31(27(19)35)21-13-17(49(39,40)41)9-11-23(21)51(45,46)47/h3-13,34H,1-2H3,(H,36,37,38)(H,39,40,41)(H,42,43,44)(H,45,46,47). The Labute approximate surface area is 288 Å². The van der Waals surface area contributed by atoms with E-state index in [1.165, 1.54) is 6.08 Å². The Morgan fingerprint density at radius 2 is 1.22 bits per heavy atom. The van der Waals surface area contributed by atoms with Gasteiger partial charge in [-0.2, -0.15) is 53.6 Å². The second-order valence-electron chi connectivity index (χ2n) is 10.2. The van der Waals surface area contributed by atoms with Gasteiger partial charge in [0.2, 0.25) is 5.88 Å². The van der Waals surface area contributed by atoms with Crippen LogP contribution in [-0.4, -0.2) is 90.0 Å². The van der Waals surface area contributed by atoms with Gasteiger partial charge >= 0.3 is 0 Å². The van der Waals surface area contributed by atoms with Crippen molar-refractivity contribution in [3.8, 4) is 11.6 Å². The van der Waals surface area contributed by atoms with E-state index in [1.807, 2.05) is 0 Å². The first-order valence-corrected chi connectivity index (χ1v) is 19.1. The van der Waals surface area contributed by atoms with Gasteiger partial charge in [0.15, 0.2) is 11.6 Å². The summed E-state index contributed by atoms with van der Waals surface area (Å²) in [5.74, 6) is -3.71. The molecule has 24 heteroatoms. The molecule has 1 amide bonds. The van der Waals surface area contributed by atoms with Crippen LogP contribution in [0.5, 0.6) is 5.88 Å². The largest absolute Gasteiger partial charge is 0.493 e. The fourth-order valence-corrected chi connectivity index (χ4v) is 6.74. The summed E-state index contributed by atoms with van der Waals surface area (Å²) in [6, 6.07) is 3.55. The number of nitrogens with zero attached hydrogens (tertiary/aromatic N) is 4. The molecule has 0 saturated carbocycles. The van der Waals surface area contributed by atoms with Gasteiger partial charge in [0.05, 0.1) is 32.3 Å². The van der Waals surface area contributed by atoms with Crippen molar-refractivity contribution >= 4 is 75.4 Å². The summed E-state index contributed by atoms with van der Waals surface area (Å²) < 4.78 is 133. The van der Waals surface area contributed by atoms with E-state index in [1.54, 1.807) is 0 Å². The van der Waals surface area contributed by atoms with E-state index < -0.39 is 112 Å². The lowest BCUT2D eigenvalue weighted by atomic mass is 10.1. The van der Waals surface area contributed by atoms with E-state index in [0.717, 1.165) is 38.2 Å². The molecule has 0 saturated heterocycles. The first-order chi connectivity index (χ1) is 23.3. The highest BCUT2D eigenvalue weighted by Gasteiger charge is 2.36. The van der Waals surface area contributed by atoms with Crippen LogP contribution in [0.3, 0.4) is 0 Å². The zero-order valence-electron chi connectivity index (χ0n) is 25.5. The Bertz CT molecular complexity index is 2620. The van der Waals surface area contributed by atoms with Gasteiger partial charge in [-0.05, 0) is 48.6 Å². The van der Waals surface area contributed by atoms with Gasteiger partial charge in [0.25, 0.3) is 46.4 Å². The van der Waals surface area contributed by atoms with E-state index in [0.29, 0.717) is 46.1 Å². The third-order valence-corrected chi connectivity index (χ3v) is 10.2. The minimum absolute atomic E-state index is 0.313. The second kappa shape index (κ2) is 13.5. The summed E-state index contributed by atoms with van der Waals surface area (Å²) in [6.07, 6.45) is 5.53. The Morgan fingerprint density at radius 3 is 1.69 bits per heavy atom. The summed E-state index contributed by atoms with van der Waals surface area (Å²) in [5.41, 5.74) is -3.43. The molecule has 2 heterocycles. The first-order valence-electron chi connectivity index (χ1n) is 13.3. The average molecular weight is 787 g/mol. The Morgan fingerprint density at radius 1 is 0.706 bits per heavy atom. The number of benzene rings is 2. The van der Waals surface area contributed by atoms with E-state index in [4.69, 9.17) is 0 Å². The van der Waals surface area contributed by atoms with Crippen molar-refractivity contribution in [3.05, 3.63) is 77.5 Å². The number of ketones is 2. The number of carbonyl (C=O) groups is 3. The number of hydrazone groups is 1. The fourth-order valence-electron chi connectivity index (χ4n) is 4.44. The highest BCUT2D eigenvalue weighted by Crippen LogP contribution is 2.34. The summed E-state index contributed by atoms with van der Waals surface area (Å²) in [5, 5.41) is 18.8. The molecule has 4 rings (SSSR count). The van der Waals surface area contributed by atoms with Crippen LogP contribution >= 0.6 is 0 Å². The van der Waals surface area contributed by atoms with Crippen molar-refractivity contribution in [3.63, 3.8) is 0 Å². The number of hydrogen-bond acceptors (Lipinski definition) is 14. The number of hydrogen-bond donors (Lipinski definition) is 5. The van der Waals surface area contributed by atoms with Crippen molar-refractivity contribution in [2.75, 3.05) is 5.01 Å². The van der Waals surface area contributed by atoms with Crippen molar-refractivity contribution in [1.82, 2.24) is 9.78 Å². The van der Waals surface area contributed by atoms with Crippen molar-refractivity contribution < 1.29 is 71.4 Å². The van der Waals surface area contributed by atoms with Gasteiger partial charge in [0, 0.05) is 13.8 Å². The molecule has 0 spiro atoms. The first kappa shape index (κ1) is 38.6. The highest BCUT2D eigenvalue weighted by molar-refractivity contribution is 7.87. The molecule has 1 aliphatic heterocycles. The lowest BCUT2D eigenvalue weighted by molar-refractivity contribution is -0.115. The van der Waals surface area contributed by atoms with Crippen LogP contribution in [0.4, 0.5) is 5.69 Å². The molecule has 0 atom stereocenters. The summed E-state index contributed by atoms with van der Waals surface area (Å²) in [6.45, 7) is 2.01.